The van der Waals surface area contributed by atoms with Crippen molar-refractivity contribution in [2.75, 3.05) is 4.90 Å². The molecule has 0 radical (unpaired) electrons. The van der Waals surface area contributed by atoms with Crippen molar-refractivity contribution in [2.45, 2.75) is 0 Å². The van der Waals surface area contributed by atoms with Crippen molar-refractivity contribution in [3.8, 4) is 22.3 Å². The summed E-state index contributed by atoms with van der Waals surface area (Å²) in [6.45, 7) is 0. The molecule has 2 nitrogen and oxygen atoms in total. The molecule has 0 aliphatic carbocycles. The topological polar surface area (TPSA) is 16.4 Å². The molecule has 0 amide bonds. The van der Waals surface area contributed by atoms with Crippen LogP contribution in [-0.2, 0) is 0 Å². The quantitative estimate of drug-likeness (QED) is 0.217. The van der Waals surface area contributed by atoms with Gasteiger partial charge in [-0.2, -0.15) is 0 Å². The smallest absolute Gasteiger partial charge is 0.136 e. The molecule has 0 saturated carbocycles. The van der Waals surface area contributed by atoms with Gasteiger partial charge in [-0.15, -0.1) is 0 Å². The van der Waals surface area contributed by atoms with Gasteiger partial charge in [0.1, 0.15) is 11.2 Å². The summed E-state index contributed by atoms with van der Waals surface area (Å²) in [5, 5.41) is 4.78. The van der Waals surface area contributed by atoms with Crippen molar-refractivity contribution in [1.82, 2.24) is 0 Å². The van der Waals surface area contributed by atoms with Gasteiger partial charge in [-0.1, -0.05) is 109 Å². The lowest BCUT2D eigenvalue weighted by atomic mass is 10.0. The summed E-state index contributed by atoms with van der Waals surface area (Å²) in [6, 6.07) is 57.9. The molecule has 0 aliphatic heterocycles. The molecule has 1 heterocycles. The van der Waals surface area contributed by atoms with E-state index < -0.39 is 0 Å². The van der Waals surface area contributed by atoms with Crippen LogP contribution < -0.4 is 4.90 Å². The molecule has 1 aromatic heterocycles. The average molecular weight is 538 g/mol. The van der Waals surface area contributed by atoms with E-state index in [9.17, 15) is 0 Å². The van der Waals surface area contributed by atoms with Gasteiger partial charge in [0.05, 0.1) is 0 Å². The lowest BCUT2D eigenvalue weighted by molar-refractivity contribution is 0.669. The van der Waals surface area contributed by atoms with Crippen molar-refractivity contribution in [3.05, 3.63) is 164 Å². The number of hydrogen-bond acceptors (Lipinski definition) is 2. The van der Waals surface area contributed by atoms with Crippen LogP contribution in [0.15, 0.2) is 168 Å². The Labute approximate surface area is 244 Å². The molecule has 0 aliphatic rings. The highest BCUT2D eigenvalue weighted by molar-refractivity contribution is 6.19. The van der Waals surface area contributed by atoms with Crippen LogP contribution in [-0.4, -0.2) is 0 Å². The zero-order chi connectivity index (χ0) is 27.9. The third-order valence-corrected chi connectivity index (χ3v) is 8.07. The van der Waals surface area contributed by atoms with E-state index in [1.54, 1.807) is 0 Å². The lowest BCUT2D eigenvalue weighted by Crippen LogP contribution is -2.09. The SMILES string of the molecule is c1ccc(-c2ccc(N(c3ccccc3)c3ccc(-c4ccc5c(c4)oc4ccc6ccccc6c45)cc3)cc2)cc1. The van der Waals surface area contributed by atoms with Gasteiger partial charge in [-0.05, 0) is 87.6 Å². The predicted octanol–water partition coefficient (Wildman–Crippen LogP) is 11.5. The molecule has 0 spiro atoms. The zero-order valence-corrected chi connectivity index (χ0v) is 22.9. The van der Waals surface area contributed by atoms with Crippen LogP contribution in [0.2, 0.25) is 0 Å². The van der Waals surface area contributed by atoms with Crippen LogP contribution >= 0.6 is 0 Å². The highest BCUT2D eigenvalue weighted by atomic mass is 16.3. The van der Waals surface area contributed by atoms with Gasteiger partial charge < -0.3 is 9.32 Å². The first-order chi connectivity index (χ1) is 20.8. The standard InChI is InChI=1S/C40H27NO/c1-3-9-28(10-4-1)29-15-21-34(22-16-29)41(33-12-5-2-6-13-33)35-23-17-30(18-24-35)32-19-25-37-39(27-32)42-38-26-20-31-11-7-8-14-36(31)40(37)38/h1-27H. The van der Waals surface area contributed by atoms with Crippen LogP contribution in [0.25, 0.3) is 55.0 Å². The lowest BCUT2D eigenvalue weighted by Gasteiger charge is -2.26. The second-order valence-electron chi connectivity index (χ2n) is 10.6. The Balaban J connectivity index is 1.16. The number of fused-ring (bicyclic) bond motifs is 5. The number of hydrogen-bond donors (Lipinski definition) is 0. The van der Waals surface area contributed by atoms with Crippen molar-refractivity contribution in [2.24, 2.45) is 0 Å². The molecule has 0 N–H and O–H groups in total. The fourth-order valence-electron chi connectivity index (χ4n) is 5.99. The minimum absolute atomic E-state index is 0.910. The predicted molar refractivity (Wildman–Crippen MR) is 177 cm³/mol. The monoisotopic (exact) mass is 537 g/mol. The van der Waals surface area contributed by atoms with Gasteiger partial charge >= 0.3 is 0 Å². The van der Waals surface area contributed by atoms with Gasteiger partial charge in [0.2, 0.25) is 0 Å². The van der Waals surface area contributed by atoms with Gasteiger partial charge in [0.15, 0.2) is 0 Å². The Morgan fingerprint density at radius 2 is 0.905 bits per heavy atom. The first-order valence-corrected chi connectivity index (χ1v) is 14.3. The van der Waals surface area contributed by atoms with Crippen molar-refractivity contribution in [1.29, 1.82) is 0 Å². The summed E-state index contributed by atoms with van der Waals surface area (Å²) in [4.78, 5) is 2.30. The van der Waals surface area contributed by atoms with E-state index in [-0.39, 0.29) is 0 Å². The number of anilines is 3. The fraction of sp³-hybridized carbons (Fsp3) is 0. The van der Waals surface area contributed by atoms with Crippen LogP contribution in [0, 0.1) is 0 Å². The van der Waals surface area contributed by atoms with E-state index >= 15 is 0 Å². The van der Waals surface area contributed by atoms with Gasteiger partial charge in [-0.25, -0.2) is 0 Å². The Morgan fingerprint density at radius 3 is 1.62 bits per heavy atom. The van der Waals surface area contributed by atoms with Gasteiger partial charge in [-0.3, -0.25) is 0 Å². The number of rotatable bonds is 5. The van der Waals surface area contributed by atoms with Gasteiger partial charge in [0, 0.05) is 27.8 Å². The molecule has 8 aromatic rings. The van der Waals surface area contributed by atoms with E-state index in [0.717, 1.165) is 44.7 Å². The van der Waals surface area contributed by atoms with Crippen LogP contribution in [0.1, 0.15) is 0 Å². The minimum atomic E-state index is 0.910. The molecule has 0 saturated heterocycles. The summed E-state index contributed by atoms with van der Waals surface area (Å²) < 4.78 is 6.33. The number of nitrogens with zero attached hydrogens (tertiary/aromatic N) is 1. The fourth-order valence-corrected chi connectivity index (χ4v) is 5.99. The Kier molecular flexibility index (Phi) is 5.82. The number of para-hydroxylation sites is 1. The largest absolute Gasteiger partial charge is 0.456 e. The van der Waals surface area contributed by atoms with E-state index in [2.05, 4.69) is 169 Å². The zero-order valence-electron chi connectivity index (χ0n) is 22.9. The van der Waals surface area contributed by atoms with Crippen LogP contribution in [0.5, 0.6) is 0 Å². The Bertz CT molecular complexity index is 2160. The Hall–Kier alpha value is -5.60. The van der Waals surface area contributed by atoms with E-state index in [1.807, 2.05) is 0 Å². The van der Waals surface area contributed by atoms with E-state index in [1.165, 1.54) is 27.3 Å². The average Bonchev–Trinajstić information content (AvgIpc) is 3.45. The second kappa shape index (κ2) is 10.1. The Morgan fingerprint density at radius 1 is 0.357 bits per heavy atom. The normalized spacial score (nSPS) is 11.3. The van der Waals surface area contributed by atoms with Crippen LogP contribution in [0.4, 0.5) is 17.1 Å². The highest BCUT2D eigenvalue weighted by Crippen LogP contribution is 2.39. The molecule has 0 fully saturated rings. The van der Waals surface area contributed by atoms with Crippen molar-refractivity contribution in [3.63, 3.8) is 0 Å². The van der Waals surface area contributed by atoms with Crippen molar-refractivity contribution < 1.29 is 4.42 Å². The summed E-state index contributed by atoms with van der Waals surface area (Å²) in [5.74, 6) is 0. The third kappa shape index (κ3) is 4.22. The first-order valence-electron chi connectivity index (χ1n) is 14.3. The maximum atomic E-state index is 6.33. The van der Waals surface area contributed by atoms with Crippen LogP contribution in [0.3, 0.4) is 0 Å². The molecule has 0 atom stereocenters. The number of furan rings is 1. The molecule has 198 valence electrons. The molecular formula is C40H27NO. The molecular weight excluding hydrogens is 510 g/mol. The summed E-state index contributed by atoms with van der Waals surface area (Å²) in [5.41, 5.74) is 9.88. The molecule has 0 bridgehead atoms. The third-order valence-electron chi connectivity index (χ3n) is 8.07. The maximum Gasteiger partial charge on any atom is 0.136 e. The van der Waals surface area contributed by atoms with E-state index in [4.69, 9.17) is 4.42 Å². The molecule has 8 rings (SSSR count). The highest BCUT2D eigenvalue weighted by Gasteiger charge is 2.14. The summed E-state index contributed by atoms with van der Waals surface area (Å²) >= 11 is 0. The van der Waals surface area contributed by atoms with Crippen molar-refractivity contribution >= 4 is 49.8 Å². The summed E-state index contributed by atoms with van der Waals surface area (Å²) in [7, 11) is 0. The molecule has 2 heteroatoms. The van der Waals surface area contributed by atoms with Gasteiger partial charge in [0.25, 0.3) is 0 Å². The minimum Gasteiger partial charge on any atom is -0.456 e. The molecule has 7 aromatic carbocycles. The molecule has 42 heavy (non-hydrogen) atoms. The number of benzene rings is 7. The second-order valence-corrected chi connectivity index (χ2v) is 10.6. The first kappa shape index (κ1) is 24.2. The van der Waals surface area contributed by atoms with E-state index in [0.29, 0.717) is 0 Å². The maximum absolute atomic E-state index is 6.33. The molecule has 0 unspecified atom stereocenters. The summed E-state index contributed by atoms with van der Waals surface area (Å²) in [6.07, 6.45) is 0.